The summed E-state index contributed by atoms with van der Waals surface area (Å²) in [6.07, 6.45) is 2.44. The number of benzene rings is 1. The van der Waals surface area contributed by atoms with E-state index in [1.54, 1.807) is 15.8 Å². The molecule has 0 saturated carbocycles. The number of hydrogen-bond acceptors (Lipinski definition) is 4. The number of amides is 1. The molecule has 0 spiro atoms. The Labute approximate surface area is 150 Å². The van der Waals surface area contributed by atoms with Gasteiger partial charge >= 0.3 is 0 Å². The van der Waals surface area contributed by atoms with Crippen molar-refractivity contribution in [2.75, 3.05) is 16.8 Å². The number of para-hydroxylation sites is 1. The summed E-state index contributed by atoms with van der Waals surface area (Å²) in [5, 5.41) is 9.21. The maximum atomic E-state index is 12.9. The Morgan fingerprint density at radius 2 is 2.16 bits per heavy atom. The van der Waals surface area contributed by atoms with E-state index in [9.17, 15) is 4.79 Å². The first-order valence-corrected chi connectivity index (χ1v) is 8.54. The molecule has 1 unspecified atom stereocenters. The van der Waals surface area contributed by atoms with Gasteiger partial charge in [-0.25, -0.2) is 0 Å². The van der Waals surface area contributed by atoms with E-state index in [0.29, 0.717) is 11.6 Å². The van der Waals surface area contributed by atoms with E-state index in [1.165, 1.54) is 0 Å². The summed E-state index contributed by atoms with van der Waals surface area (Å²) in [5.74, 6) is 0.879. The van der Waals surface area contributed by atoms with E-state index in [2.05, 4.69) is 15.4 Å². The molecule has 1 aromatic carbocycles. The highest BCUT2D eigenvalue weighted by atomic mass is 35.5. The molecule has 1 amide bonds. The Kier molecular flexibility index (Phi) is 3.84. The Morgan fingerprint density at radius 1 is 1.32 bits per heavy atom. The van der Waals surface area contributed by atoms with Crippen molar-refractivity contribution in [3.63, 3.8) is 0 Å². The second-order valence-electron chi connectivity index (χ2n) is 6.24. The van der Waals surface area contributed by atoms with Crippen molar-refractivity contribution in [2.45, 2.75) is 19.4 Å². The summed E-state index contributed by atoms with van der Waals surface area (Å²) < 4.78 is 1.75. The SMILES string of the molecule is Cc1cc(N2CCC(Nc3ccnc4c(Cl)cccc34)C2=O)n(C)n1. The predicted octanol–water partition coefficient (Wildman–Crippen LogP) is 3.15. The Bertz CT molecular complexity index is 967. The third-order valence-electron chi connectivity index (χ3n) is 4.51. The van der Waals surface area contributed by atoms with Crippen molar-refractivity contribution in [1.29, 1.82) is 0 Å². The highest BCUT2D eigenvalue weighted by Crippen LogP contribution is 2.29. The van der Waals surface area contributed by atoms with Crippen molar-refractivity contribution in [2.24, 2.45) is 7.05 Å². The Hall–Kier alpha value is -2.60. The summed E-state index contributed by atoms with van der Waals surface area (Å²) >= 11 is 6.22. The number of fused-ring (bicyclic) bond motifs is 1. The molecule has 1 fully saturated rings. The average Bonchev–Trinajstić information content (AvgIpc) is 3.10. The van der Waals surface area contributed by atoms with Gasteiger partial charge in [-0.15, -0.1) is 0 Å². The zero-order valence-corrected chi connectivity index (χ0v) is 14.8. The summed E-state index contributed by atoms with van der Waals surface area (Å²) in [6, 6.07) is 9.19. The van der Waals surface area contributed by atoms with Crippen molar-refractivity contribution in [1.82, 2.24) is 14.8 Å². The molecule has 128 valence electrons. The first kappa shape index (κ1) is 15.9. The molecule has 7 heteroatoms. The molecule has 3 aromatic rings. The van der Waals surface area contributed by atoms with Crippen LogP contribution in [-0.2, 0) is 11.8 Å². The minimum Gasteiger partial charge on any atom is -0.373 e. The fourth-order valence-electron chi connectivity index (χ4n) is 3.34. The number of aromatic nitrogens is 3. The molecule has 0 radical (unpaired) electrons. The maximum Gasteiger partial charge on any atom is 0.250 e. The monoisotopic (exact) mass is 355 g/mol. The van der Waals surface area contributed by atoms with Crippen LogP contribution < -0.4 is 10.2 Å². The number of carbonyl (C=O) groups excluding carboxylic acids is 1. The zero-order chi connectivity index (χ0) is 17.6. The second kappa shape index (κ2) is 6.04. The zero-order valence-electron chi connectivity index (χ0n) is 14.0. The van der Waals surface area contributed by atoms with Gasteiger partial charge < -0.3 is 5.32 Å². The predicted molar refractivity (Wildman–Crippen MR) is 99.1 cm³/mol. The topological polar surface area (TPSA) is 63.1 Å². The maximum absolute atomic E-state index is 12.9. The van der Waals surface area contributed by atoms with Crippen LogP contribution in [0.1, 0.15) is 12.1 Å². The molecule has 1 N–H and O–H groups in total. The van der Waals surface area contributed by atoms with Crippen molar-refractivity contribution < 1.29 is 4.79 Å². The Morgan fingerprint density at radius 3 is 2.92 bits per heavy atom. The summed E-state index contributed by atoms with van der Waals surface area (Å²) in [5.41, 5.74) is 2.50. The van der Waals surface area contributed by atoms with Crippen LogP contribution in [0.25, 0.3) is 10.9 Å². The van der Waals surface area contributed by atoms with Crippen LogP contribution in [0, 0.1) is 6.92 Å². The first-order valence-electron chi connectivity index (χ1n) is 8.16. The molecule has 1 aliphatic heterocycles. The first-order chi connectivity index (χ1) is 12.0. The fourth-order valence-corrected chi connectivity index (χ4v) is 3.57. The molecule has 2 aromatic heterocycles. The number of anilines is 2. The van der Waals surface area contributed by atoms with Crippen LogP contribution in [0.4, 0.5) is 11.5 Å². The lowest BCUT2D eigenvalue weighted by Gasteiger charge is -2.18. The summed E-state index contributed by atoms with van der Waals surface area (Å²) in [7, 11) is 1.86. The third-order valence-corrected chi connectivity index (χ3v) is 4.82. The van der Waals surface area contributed by atoms with Gasteiger partial charge in [0.05, 0.1) is 16.2 Å². The largest absolute Gasteiger partial charge is 0.373 e. The molecule has 0 bridgehead atoms. The number of hydrogen-bond donors (Lipinski definition) is 1. The highest BCUT2D eigenvalue weighted by Gasteiger charge is 2.34. The van der Waals surface area contributed by atoms with E-state index >= 15 is 0 Å². The molecular formula is C18H18ClN5O. The molecular weight excluding hydrogens is 338 g/mol. The van der Waals surface area contributed by atoms with Crippen LogP contribution in [0.5, 0.6) is 0 Å². The number of pyridine rings is 1. The van der Waals surface area contributed by atoms with Crippen LogP contribution in [0.15, 0.2) is 36.5 Å². The molecule has 4 rings (SSSR count). The van der Waals surface area contributed by atoms with Crippen molar-refractivity contribution in [3.8, 4) is 0 Å². The molecule has 25 heavy (non-hydrogen) atoms. The van der Waals surface area contributed by atoms with Crippen molar-refractivity contribution >= 4 is 39.9 Å². The smallest absolute Gasteiger partial charge is 0.250 e. The van der Waals surface area contributed by atoms with Crippen LogP contribution >= 0.6 is 11.6 Å². The fraction of sp³-hybridized carbons (Fsp3) is 0.278. The second-order valence-corrected chi connectivity index (χ2v) is 6.64. The Balaban J connectivity index is 1.62. The van der Waals surface area contributed by atoms with Gasteiger partial charge in [0.1, 0.15) is 11.9 Å². The number of nitrogens with one attached hydrogen (secondary N) is 1. The van der Waals surface area contributed by atoms with Gasteiger partial charge in [0.15, 0.2) is 0 Å². The highest BCUT2D eigenvalue weighted by molar-refractivity contribution is 6.35. The minimum absolute atomic E-state index is 0.0509. The number of halogens is 1. The standard InChI is InChI=1S/C18H18ClN5O/c1-11-10-16(23(2)22-11)24-9-7-15(18(24)25)21-14-6-8-20-17-12(14)4-3-5-13(17)19/h3-6,8,10,15H,7,9H2,1-2H3,(H,20,21). The quantitative estimate of drug-likeness (QED) is 0.784. The van der Waals surface area contributed by atoms with Gasteiger partial charge in [0, 0.05) is 36.9 Å². The van der Waals surface area contributed by atoms with E-state index in [0.717, 1.165) is 34.5 Å². The summed E-state index contributed by atoms with van der Waals surface area (Å²) in [6.45, 7) is 2.59. The average molecular weight is 356 g/mol. The lowest BCUT2D eigenvalue weighted by molar-refractivity contribution is -0.117. The van der Waals surface area contributed by atoms with Gasteiger partial charge in [-0.1, -0.05) is 23.7 Å². The van der Waals surface area contributed by atoms with Crippen molar-refractivity contribution in [3.05, 3.63) is 47.2 Å². The van der Waals surface area contributed by atoms with Crippen LogP contribution in [0.2, 0.25) is 5.02 Å². The molecule has 1 aliphatic rings. The molecule has 1 atom stereocenters. The molecule has 0 aliphatic carbocycles. The molecule has 3 heterocycles. The lowest BCUT2D eigenvalue weighted by Crippen LogP contribution is -2.34. The van der Waals surface area contributed by atoms with E-state index in [-0.39, 0.29) is 11.9 Å². The van der Waals surface area contributed by atoms with Crippen LogP contribution in [0.3, 0.4) is 0 Å². The number of rotatable bonds is 3. The van der Waals surface area contributed by atoms with Gasteiger partial charge in [-0.05, 0) is 25.5 Å². The number of nitrogens with zero attached hydrogens (tertiary/aromatic N) is 4. The molecule has 1 saturated heterocycles. The lowest BCUT2D eigenvalue weighted by atomic mass is 10.1. The summed E-state index contributed by atoms with van der Waals surface area (Å²) in [4.78, 5) is 19.0. The van der Waals surface area contributed by atoms with E-state index in [4.69, 9.17) is 11.6 Å². The van der Waals surface area contributed by atoms with Gasteiger partial charge in [-0.3, -0.25) is 19.4 Å². The molecule has 6 nitrogen and oxygen atoms in total. The minimum atomic E-state index is -0.278. The van der Waals surface area contributed by atoms with Gasteiger partial charge in [0.25, 0.3) is 5.91 Å². The normalized spacial score (nSPS) is 17.5. The van der Waals surface area contributed by atoms with Gasteiger partial charge in [0.2, 0.25) is 0 Å². The number of carbonyl (C=O) groups is 1. The third kappa shape index (κ3) is 2.72. The number of aryl methyl sites for hydroxylation is 2. The van der Waals surface area contributed by atoms with E-state index < -0.39 is 0 Å². The van der Waals surface area contributed by atoms with E-state index in [1.807, 2.05) is 44.3 Å². The van der Waals surface area contributed by atoms with Gasteiger partial charge in [-0.2, -0.15) is 5.10 Å². The van der Waals surface area contributed by atoms with Crippen LogP contribution in [-0.4, -0.2) is 33.3 Å².